The van der Waals surface area contributed by atoms with Gasteiger partial charge >= 0.3 is 11.8 Å². The van der Waals surface area contributed by atoms with Gasteiger partial charge < -0.3 is 0 Å². The van der Waals surface area contributed by atoms with Crippen LogP contribution in [-0.4, -0.2) is 25.2 Å². The van der Waals surface area contributed by atoms with Crippen LogP contribution in [-0.2, 0) is 0 Å². The lowest BCUT2D eigenvalue weighted by Crippen LogP contribution is -2.44. The molecule has 0 N–H and O–H groups in total. The number of halogens is 6. The van der Waals surface area contributed by atoms with Crippen LogP contribution >= 0.6 is 68.0 Å². The fourth-order valence-electron chi connectivity index (χ4n) is 5.16. The predicted octanol–water partition coefficient (Wildman–Crippen LogP) is 13.5. The summed E-state index contributed by atoms with van der Waals surface area (Å²) < 4.78 is 92.9. The first-order valence-electron chi connectivity index (χ1n) is 13.1. The van der Waals surface area contributed by atoms with Gasteiger partial charge in [-0.1, -0.05) is 24.3 Å². The zero-order valence-electron chi connectivity index (χ0n) is 23.1. The van der Waals surface area contributed by atoms with Crippen molar-refractivity contribution in [3.8, 4) is 39.0 Å². The molecule has 0 nitrogen and oxygen atoms in total. The second kappa shape index (κ2) is 12.4. The van der Waals surface area contributed by atoms with E-state index in [1.54, 1.807) is 43.5 Å². The van der Waals surface area contributed by atoms with Crippen molar-refractivity contribution in [2.75, 3.05) is 13.3 Å². The van der Waals surface area contributed by atoms with Gasteiger partial charge in [-0.15, -0.1) is 68.0 Å². The Bertz CT molecular complexity index is 1890. The summed E-state index contributed by atoms with van der Waals surface area (Å²) in [7, 11) is 0. The topological polar surface area (TPSA) is 0 Å². The molecular formula is C32H22F6S6. The molecule has 0 aromatic carbocycles. The molecule has 0 saturated carbocycles. The van der Waals surface area contributed by atoms with E-state index in [-0.39, 0.29) is 11.1 Å². The minimum atomic E-state index is -5.09. The third-order valence-corrected chi connectivity index (χ3v) is 14.0. The molecule has 0 fully saturated rings. The third-order valence-electron chi connectivity index (χ3n) is 7.20. The van der Waals surface area contributed by atoms with E-state index in [1.807, 2.05) is 40.4 Å². The zero-order chi connectivity index (χ0) is 31.2. The van der Waals surface area contributed by atoms with Crippen molar-refractivity contribution < 1.29 is 26.3 Å². The van der Waals surface area contributed by atoms with E-state index >= 15 is 22.0 Å². The van der Waals surface area contributed by atoms with Gasteiger partial charge in [-0.2, -0.15) is 17.6 Å². The van der Waals surface area contributed by atoms with Crippen molar-refractivity contribution in [2.45, 2.75) is 25.7 Å². The standard InChI is InChI=1S/C32H22F6S6/c1-17-24(29(22-9-5-13-41-22)43-27(17)20-7-3-11-39-20)19(15-33)26(32(37,38)31(35,36)16-34)25-18(2)28(21-8-4-12-40-21)44-30(25)23-10-6-14-42-23/h3-14H,15-16H2,1-2H3/b26-19+. The smallest absolute Gasteiger partial charge is 0.246 e. The largest absolute Gasteiger partial charge is 0.342 e. The van der Waals surface area contributed by atoms with Gasteiger partial charge in [-0.3, -0.25) is 0 Å². The molecule has 0 aliphatic heterocycles. The fourth-order valence-corrected chi connectivity index (χ4v) is 11.4. The Morgan fingerprint density at radius 2 is 0.977 bits per heavy atom. The van der Waals surface area contributed by atoms with Gasteiger partial charge in [0.2, 0.25) is 0 Å². The summed E-state index contributed by atoms with van der Waals surface area (Å²) in [4.78, 5) is 5.08. The highest BCUT2D eigenvalue weighted by atomic mass is 32.1. The summed E-state index contributed by atoms with van der Waals surface area (Å²) >= 11 is 7.95. The fraction of sp³-hybridized carbons (Fsp3) is 0.188. The molecule has 6 rings (SSSR count). The van der Waals surface area contributed by atoms with Crippen LogP contribution in [0.4, 0.5) is 26.3 Å². The van der Waals surface area contributed by atoms with Gasteiger partial charge in [-0.25, -0.2) is 8.78 Å². The number of rotatable bonds is 10. The third kappa shape index (κ3) is 5.27. The van der Waals surface area contributed by atoms with Gasteiger partial charge in [0.1, 0.15) is 6.67 Å². The van der Waals surface area contributed by atoms with Crippen LogP contribution in [0.5, 0.6) is 0 Å². The van der Waals surface area contributed by atoms with Crippen molar-refractivity contribution in [1.82, 2.24) is 0 Å². The Balaban J connectivity index is 1.78. The number of hydrogen-bond acceptors (Lipinski definition) is 6. The molecule has 6 heterocycles. The first-order chi connectivity index (χ1) is 21.1. The summed E-state index contributed by atoms with van der Waals surface area (Å²) in [5.41, 5.74) is -0.923. The van der Waals surface area contributed by atoms with E-state index in [0.29, 0.717) is 35.5 Å². The first-order valence-corrected chi connectivity index (χ1v) is 18.3. The maximum absolute atomic E-state index is 16.5. The average molecular weight is 713 g/mol. The lowest BCUT2D eigenvalue weighted by Gasteiger charge is -2.30. The Kier molecular flexibility index (Phi) is 8.86. The lowest BCUT2D eigenvalue weighted by atomic mass is 9.84. The molecule has 0 unspecified atom stereocenters. The molecular weight excluding hydrogens is 691 g/mol. The summed E-state index contributed by atoms with van der Waals surface area (Å²) in [5, 5.41) is 7.29. The van der Waals surface area contributed by atoms with Gasteiger partial charge in [0.25, 0.3) is 0 Å². The van der Waals surface area contributed by atoms with Crippen LogP contribution in [0.25, 0.3) is 50.2 Å². The van der Waals surface area contributed by atoms with E-state index in [4.69, 9.17) is 0 Å². The second-order valence-corrected chi connectivity index (χ2v) is 15.7. The predicted molar refractivity (Wildman–Crippen MR) is 180 cm³/mol. The maximum atomic E-state index is 16.5. The van der Waals surface area contributed by atoms with E-state index in [1.165, 1.54) is 68.0 Å². The Morgan fingerprint density at radius 3 is 1.34 bits per heavy atom. The van der Waals surface area contributed by atoms with Crippen LogP contribution in [0, 0.1) is 13.8 Å². The molecule has 0 bridgehead atoms. The number of thiophene rings is 6. The van der Waals surface area contributed by atoms with E-state index < -0.39 is 36.3 Å². The van der Waals surface area contributed by atoms with Crippen molar-refractivity contribution >= 4 is 79.2 Å². The monoisotopic (exact) mass is 712 g/mol. The van der Waals surface area contributed by atoms with Crippen LogP contribution < -0.4 is 0 Å². The highest BCUT2D eigenvalue weighted by Crippen LogP contribution is 2.57. The van der Waals surface area contributed by atoms with Crippen molar-refractivity contribution in [1.29, 1.82) is 0 Å². The second-order valence-electron chi connectivity index (χ2n) is 9.83. The molecule has 0 spiro atoms. The zero-order valence-corrected chi connectivity index (χ0v) is 28.0. The molecule has 12 heteroatoms. The molecule has 44 heavy (non-hydrogen) atoms. The summed E-state index contributed by atoms with van der Waals surface area (Å²) in [6, 6.07) is 14.4. The Labute approximate surface area is 274 Å². The molecule has 0 amide bonds. The van der Waals surface area contributed by atoms with Crippen molar-refractivity contribution in [3.63, 3.8) is 0 Å². The Hall–Kier alpha value is -2.48. The van der Waals surface area contributed by atoms with Gasteiger partial charge in [0, 0.05) is 51.5 Å². The Morgan fingerprint density at radius 1 is 0.591 bits per heavy atom. The van der Waals surface area contributed by atoms with Gasteiger partial charge in [0.15, 0.2) is 6.67 Å². The lowest BCUT2D eigenvalue weighted by molar-refractivity contribution is -0.180. The molecule has 0 saturated heterocycles. The van der Waals surface area contributed by atoms with Crippen LogP contribution in [0.3, 0.4) is 0 Å². The van der Waals surface area contributed by atoms with E-state index in [9.17, 15) is 4.39 Å². The first kappa shape index (κ1) is 31.5. The normalized spacial score (nSPS) is 13.1. The van der Waals surface area contributed by atoms with Gasteiger partial charge in [0.05, 0.1) is 9.75 Å². The molecule has 0 aliphatic rings. The summed E-state index contributed by atoms with van der Waals surface area (Å²) in [6.07, 6.45) is 0. The maximum Gasteiger partial charge on any atom is 0.342 e. The summed E-state index contributed by atoms with van der Waals surface area (Å²) in [5.74, 6) is -10.1. The molecule has 0 atom stereocenters. The molecule has 0 aliphatic carbocycles. The van der Waals surface area contributed by atoms with E-state index in [0.717, 1.165) is 14.6 Å². The number of allylic oxidation sites excluding steroid dienone is 2. The van der Waals surface area contributed by atoms with E-state index in [2.05, 4.69) is 0 Å². The van der Waals surface area contributed by atoms with Crippen molar-refractivity contribution in [2.24, 2.45) is 0 Å². The van der Waals surface area contributed by atoms with Crippen LogP contribution in [0.15, 0.2) is 70.1 Å². The minimum absolute atomic E-state index is 0.146. The van der Waals surface area contributed by atoms with Gasteiger partial charge in [-0.05, 0) is 70.8 Å². The summed E-state index contributed by atoms with van der Waals surface area (Å²) in [6.45, 7) is -0.760. The van der Waals surface area contributed by atoms with Crippen LogP contribution in [0.2, 0.25) is 0 Å². The number of hydrogen-bond donors (Lipinski definition) is 0. The molecule has 228 valence electrons. The SMILES string of the molecule is Cc1c(-c2cccs2)sc(-c2cccs2)c1/C(CF)=C(\c1c(-c2cccs2)sc(-c2cccs2)c1C)C(F)(F)C(F)(F)CF. The molecule has 6 aromatic heterocycles. The highest BCUT2D eigenvalue weighted by Gasteiger charge is 2.61. The minimum Gasteiger partial charge on any atom is -0.246 e. The van der Waals surface area contributed by atoms with Crippen LogP contribution in [0.1, 0.15) is 22.3 Å². The average Bonchev–Trinajstić information content (AvgIpc) is 3.84. The molecule has 0 radical (unpaired) electrons. The number of alkyl halides is 6. The quantitative estimate of drug-likeness (QED) is 0.124. The highest BCUT2D eigenvalue weighted by molar-refractivity contribution is 7.27. The van der Waals surface area contributed by atoms with Crippen molar-refractivity contribution in [3.05, 3.63) is 92.3 Å². The molecule has 6 aromatic rings.